The number of rotatable bonds is 3. The second-order valence-corrected chi connectivity index (χ2v) is 5.04. The lowest BCUT2D eigenvalue weighted by atomic mass is 9.82. The van der Waals surface area contributed by atoms with Crippen LogP contribution in [0.1, 0.15) is 30.2 Å². The van der Waals surface area contributed by atoms with Crippen molar-refractivity contribution in [2.45, 2.75) is 31.8 Å². The number of nitrogens with zero attached hydrogens (tertiary/aromatic N) is 3. The highest BCUT2D eigenvalue weighted by Gasteiger charge is 2.33. The number of hydrogen-bond donors (Lipinski definition) is 1. The fraction of sp³-hybridized carbons (Fsp3) is 0.385. The quantitative estimate of drug-likeness (QED) is 0.680. The summed E-state index contributed by atoms with van der Waals surface area (Å²) in [5.74, 6) is 0.907. The highest BCUT2D eigenvalue weighted by molar-refractivity contribution is 5.60. The van der Waals surface area contributed by atoms with Gasteiger partial charge in [-0.3, -0.25) is 10.1 Å². The molecule has 7 nitrogen and oxygen atoms in total. The van der Waals surface area contributed by atoms with Crippen LogP contribution in [-0.2, 0) is 0 Å². The third kappa shape index (κ3) is 2.16. The summed E-state index contributed by atoms with van der Waals surface area (Å²) in [5, 5.41) is 24.0. The first-order valence-electron chi connectivity index (χ1n) is 6.31. The fourth-order valence-corrected chi connectivity index (χ4v) is 2.25. The molecule has 104 valence electrons. The predicted molar refractivity (Wildman–Crippen MR) is 69.1 cm³/mol. The second-order valence-electron chi connectivity index (χ2n) is 5.04. The van der Waals surface area contributed by atoms with Gasteiger partial charge in [0.2, 0.25) is 11.7 Å². The topological polar surface area (TPSA) is 102 Å². The Balaban J connectivity index is 1.89. The van der Waals surface area contributed by atoms with Crippen molar-refractivity contribution >= 4 is 5.69 Å². The van der Waals surface area contributed by atoms with Gasteiger partial charge in [0.15, 0.2) is 0 Å². The van der Waals surface area contributed by atoms with E-state index in [-0.39, 0.29) is 17.7 Å². The van der Waals surface area contributed by atoms with Crippen molar-refractivity contribution in [2.75, 3.05) is 0 Å². The van der Waals surface area contributed by atoms with E-state index >= 15 is 0 Å². The summed E-state index contributed by atoms with van der Waals surface area (Å²) in [7, 11) is 0. The first-order chi connectivity index (χ1) is 9.54. The third-order valence-corrected chi connectivity index (χ3v) is 3.57. The zero-order valence-corrected chi connectivity index (χ0v) is 10.8. The molecule has 1 aliphatic rings. The van der Waals surface area contributed by atoms with Crippen LogP contribution in [0.15, 0.2) is 22.7 Å². The van der Waals surface area contributed by atoms with Crippen LogP contribution in [0.25, 0.3) is 11.4 Å². The molecule has 0 aliphatic heterocycles. The van der Waals surface area contributed by atoms with Gasteiger partial charge in [0, 0.05) is 23.1 Å². The van der Waals surface area contributed by atoms with E-state index in [1.165, 1.54) is 6.07 Å². The van der Waals surface area contributed by atoms with Crippen molar-refractivity contribution in [3.05, 3.63) is 39.8 Å². The largest absolute Gasteiger partial charge is 0.393 e. The van der Waals surface area contributed by atoms with Gasteiger partial charge in [-0.15, -0.1) is 0 Å². The average Bonchev–Trinajstić information content (AvgIpc) is 2.84. The molecule has 1 heterocycles. The molecular weight excluding hydrogens is 262 g/mol. The van der Waals surface area contributed by atoms with E-state index in [0.29, 0.717) is 35.7 Å². The van der Waals surface area contributed by atoms with Gasteiger partial charge < -0.3 is 9.63 Å². The number of hydrogen-bond acceptors (Lipinski definition) is 6. The van der Waals surface area contributed by atoms with E-state index < -0.39 is 4.92 Å². The van der Waals surface area contributed by atoms with E-state index in [9.17, 15) is 15.2 Å². The molecule has 0 saturated heterocycles. The van der Waals surface area contributed by atoms with Crippen LogP contribution < -0.4 is 0 Å². The van der Waals surface area contributed by atoms with Gasteiger partial charge in [-0.2, -0.15) is 4.98 Å². The Morgan fingerprint density at radius 3 is 2.85 bits per heavy atom. The van der Waals surface area contributed by atoms with E-state index in [1.54, 1.807) is 19.1 Å². The number of aromatic nitrogens is 2. The molecule has 1 aromatic carbocycles. The predicted octanol–water partition coefficient (Wildman–Crippen LogP) is 2.19. The molecule has 1 N–H and O–H groups in total. The van der Waals surface area contributed by atoms with Crippen molar-refractivity contribution in [2.24, 2.45) is 0 Å². The Morgan fingerprint density at radius 1 is 1.45 bits per heavy atom. The fourth-order valence-electron chi connectivity index (χ4n) is 2.25. The average molecular weight is 275 g/mol. The second kappa shape index (κ2) is 4.68. The summed E-state index contributed by atoms with van der Waals surface area (Å²) in [6, 6.07) is 4.84. The van der Waals surface area contributed by atoms with E-state index in [4.69, 9.17) is 4.52 Å². The molecule has 7 heteroatoms. The number of aliphatic hydroxyl groups excluding tert-OH is 1. The van der Waals surface area contributed by atoms with Gasteiger partial charge in [0.25, 0.3) is 5.69 Å². The monoisotopic (exact) mass is 275 g/mol. The minimum absolute atomic E-state index is 0.0351. The Bertz CT molecular complexity index is 661. The Hall–Kier alpha value is -2.28. The molecule has 0 amide bonds. The van der Waals surface area contributed by atoms with Crippen molar-refractivity contribution in [3.8, 4) is 11.4 Å². The smallest absolute Gasteiger partial charge is 0.273 e. The van der Waals surface area contributed by atoms with Crippen LogP contribution in [0.2, 0.25) is 0 Å². The summed E-state index contributed by atoms with van der Waals surface area (Å²) in [5.41, 5.74) is 1.18. The lowest BCUT2D eigenvalue weighted by Crippen LogP contribution is -2.26. The normalized spacial score (nSPS) is 21.5. The lowest BCUT2D eigenvalue weighted by molar-refractivity contribution is -0.385. The molecule has 1 fully saturated rings. The number of aliphatic hydroxyl groups is 1. The number of nitro groups is 1. The summed E-state index contributed by atoms with van der Waals surface area (Å²) in [4.78, 5) is 14.8. The molecule has 0 bridgehead atoms. The first-order valence-corrected chi connectivity index (χ1v) is 6.31. The summed E-state index contributed by atoms with van der Waals surface area (Å²) in [6.07, 6.45) is 0.946. The molecule has 1 aliphatic carbocycles. The molecule has 1 saturated carbocycles. The van der Waals surface area contributed by atoms with Crippen LogP contribution >= 0.6 is 0 Å². The number of nitro benzene ring substituents is 1. The van der Waals surface area contributed by atoms with Crippen LogP contribution in [-0.4, -0.2) is 26.3 Å². The SMILES string of the molecule is Cc1ccc(-c2noc(C3CC(O)C3)n2)cc1[N+](=O)[O-]. The van der Waals surface area contributed by atoms with Gasteiger partial charge in [-0.05, 0) is 19.8 Å². The van der Waals surface area contributed by atoms with Crippen molar-refractivity contribution in [1.82, 2.24) is 10.1 Å². The molecule has 0 radical (unpaired) electrons. The van der Waals surface area contributed by atoms with Gasteiger partial charge >= 0.3 is 0 Å². The molecule has 1 aromatic heterocycles. The molecule has 20 heavy (non-hydrogen) atoms. The van der Waals surface area contributed by atoms with Crippen LogP contribution in [0.3, 0.4) is 0 Å². The lowest BCUT2D eigenvalue weighted by Gasteiger charge is -2.27. The molecule has 2 aromatic rings. The summed E-state index contributed by atoms with van der Waals surface area (Å²) >= 11 is 0. The van der Waals surface area contributed by atoms with Crippen LogP contribution in [0.4, 0.5) is 5.69 Å². The molecule has 0 spiro atoms. The Labute approximate surface area is 114 Å². The Morgan fingerprint density at radius 2 is 2.20 bits per heavy atom. The van der Waals surface area contributed by atoms with Gasteiger partial charge in [0.1, 0.15) is 0 Å². The minimum Gasteiger partial charge on any atom is -0.393 e. The molecule has 0 unspecified atom stereocenters. The van der Waals surface area contributed by atoms with Crippen molar-refractivity contribution in [3.63, 3.8) is 0 Å². The first kappa shape index (κ1) is 12.7. The highest BCUT2D eigenvalue weighted by atomic mass is 16.6. The number of benzene rings is 1. The molecule has 3 rings (SSSR count). The van der Waals surface area contributed by atoms with Crippen molar-refractivity contribution < 1.29 is 14.6 Å². The molecule has 0 atom stereocenters. The van der Waals surface area contributed by atoms with Gasteiger partial charge in [0.05, 0.1) is 11.0 Å². The van der Waals surface area contributed by atoms with E-state index in [2.05, 4.69) is 10.1 Å². The van der Waals surface area contributed by atoms with E-state index in [1.807, 2.05) is 0 Å². The summed E-state index contributed by atoms with van der Waals surface area (Å²) < 4.78 is 5.16. The standard InChI is InChI=1S/C13H13N3O4/c1-7-2-3-8(6-11(7)16(18)19)12-14-13(20-15-12)9-4-10(17)5-9/h2-3,6,9-10,17H,4-5H2,1H3. The zero-order valence-electron chi connectivity index (χ0n) is 10.8. The Kier molecular flexibility index (Phi) is 2.98. The maximum Gasteiger partial charge on any atom is 0.273 e. The maximum atomic E-state index is 10.9. The maximum absolute atomic E-state index is 10.9. The zero-order chi connectivity index (χ0) is 14.3. The summed E-state index contributed by atoms with van der Waals surface area (Å²) in [6.45, 7) is 1.68. The minimum atomic E-state index is -0.428. The number of aryl methyl sites for hydroxylation is 1. The van der Waals surface area contributed by atoms with Crippen molar-refractivity contribution in [1.29, 1.82) is 0 Å². The van der Waals surface area contributed by atoms with Crippen LogP contribution in [0.5, 0.6) is 0 Å². The van der Waals surface area contributed by atoms with Gasteiger partial charge in [-0.25, -0.2) is 0 Å². The van der Waals surface area contributed by atoms with Gasteiger partial charge in [-0.1, -0.05) is 17.3 Å². The molecular formula is C13H13N3O4. The van der Waals surface area contributed by atoms with E-state index in [0.717, 1.165) is 0 Å². The van der Waals surface area contributed by atoms with Crippen LogP contribution in [0, 0.1) is 17.0 Å². The highest BCUT2D eigenvalue weighted by Crippen LogP contribution is 2.36. The third-order valence-electron chi connectivity index (χ3n) is 3.57.